The minimum atomic E-state index is -1.06. The molecule has 53 heavy (non-hydrogen) atoms. The first-order valence-corrected chi connectivity index (χ1v) is 21.1. The average molecular weight is 750 g/mol. The number of phenolic OH excluding ortho intramolecular Hbond substituents is 1. The number of ether oxygens (including phenoxy) is 4. The highest BCUT2D eigenvalue weighted by molar-refractivity contribution is 5.76. The maximum Gasteiger partial charge on any atom is 0.323 e. The van der Waals surface area contributed by atoms with Crippen molar-refractivity contribution in [3.05, 3.63) is 29.8 Å². The lowest BCUT2D eigenvalue weighted by Crippen LogP contribution is -2.40. The summed E-state index contributed by atoms with van der Waals surface area (Å²) < 4.78 is 21.8. The normalized spacial score (nSPS) is 13.0. The van der Waals surface area contributed by atoms with Gasteiger partial charge in [-0.1, -0.05) is 154 Å². The van der Waals surface area contributed by atoms with Crippen LogP contribution < -0.4 is 5.73 Å². The van der Waals surface area contributed by atoms with Crippen LogP contribution in [0.5, 0.6) is 5.75 Å². The molecule has 0 bridgehead atoms. The van der Waals surface area contributed by atoms with E-state index in [0.717, 1.165) is 44.1 Å². The van der Waals surface area contributed by atoms with E-state index in [4.69, 9.17) is 24.7 Å². The number of rotatable bonds is 36. The summed E-state index contributed by atoms with van der Waals surface area (Å²) in [6, 6.07) is 5.39. The first-order valence-electron chi connectivity index (χ1n) is 21.1. The van der Waals surface area contributed by atoms with Crippen LogP contribution in [0.15, 0.2) is 24.3 Å². The van der Waals surface area contributed by atoms with Crippen LogP contribution in [0.4, 0.5) is 0 Å². The first-order chi connectivity index (χ1) is 25.7. The molecule has 0 heterocycles. The number of unbranched alkanes of at least 4 members (excludes halogenated alkanes) is 20. The Labute approximate surface area is 321 Å². The van der Waals surface area contributed by atoms with E-state index in [-0.39, 0.29) is 57.0 Å². The fraction of sp³-hybridized carbons (Fsp3) is 0.791. The zero-order valence-electron chi connectivity index (χ0n) is 33.4. The number of aromatic hydroxyl groups is 1. The number of phenols is 1. The molecule has 306 valence electrons. The Morgan fingerprint density at radius 2 is 1.00 bits per heavy atom. The number of hydrogen-bond donors (Lipinski definition) is 3. The zero-order chi connectivity index (χ0) is 38.8. The van der Waals surface area contributed by atoms with E-state index in [1.165, 1.54) is 115 Å². The molecule has 0 radical (unpaired) electrons. The molecule has 0 aromatic heterocycles. The molecule has 0 saturated heterocycles. The Hall–Kier alpha value is -2.69. The van der Waals surface area contributed by atoms with E-state index in [9.17, 15) is 24.6 Å². The Bertz CT molecular complexity index is 1040. The summed E-state index contributed by atoms with van der Waals surface area (Å²) in [6.45, 7) is 3.74. The maximum absolute atomic E-state index is 12.8. The summed E-state index contributed by atoms with van der Waals surface area (Å²) in [4.78, 5) is 37.5. The molecule has 10 heteroatoms. The molecule has 3 atom stereocenters. The summed E-state index contributed by atoms with van der Waals surface area (Å²) in [6.07, 6.45) is 25.0. The minimum absolute atomic E-state index is 0.110. The van der Waals surface area contributed by atoms with Crippen LogP contribution >= 0.6 is 0 Å². The molecule has 1 aromatic carbocycles. The Kier molecular flexibility index (Phi) is 30.9. The quantitative estimate of drug-likeness (QED) is 0.0344. The van der Waals surface area contributed by atoms with Crippen molar-refractivity contribution in [1.82, 2.24) is 0 Å². The van der Waals surface area contributed by atoms with Gasteiger partial charge in [-0.05, 0) is 37.0 Å². The smallest absolute Gasteiger partial charge is 0.323 e. The number of carbonyl (C=O) groups excluding carboxylic acids is 3. The third kappa shape index (κ3) is 29.4. The Morgan fingerprint density at radius 1 is 0.585 bits per heavy atom. The van der Waals surface area contributed by atoms with Crippen molar-refractivity contribution in [1.29, 1.82) is 0 Å². The fourth-order valence-corrected chi connectivity index (χ4v) is 6.11. The summed E-state index contributed by atoms with van der Waals surface area (Å²) >= 11 is 0. The third-order valence-electron chi connectivity index (χ3n) is 9.43. The molecule has 0 amide bonds. The van der Waals surface area contributed by atoms with Gasteiger partial charge in [0.05, 0.1) is 13.2 Å². The van der Waals surface area contributed by atoms with Gasteiger partial charge in [-0.2, -0.15) is 0 Å². The van der Waals surface area contributed by atoms with Crippen molar-refractivity contribution in [3.8, 4) is 5.75 Å². The van der Waals surface area contributed by atoms with Crippen LogP contribution in [-0.2, 0) is 39.8 Å². The van der Waals surface area contributed by atoms with Gasteiger partial charge < -0.3 is 34.9 Å². The lowest BCUT2D eigenvalue weighted by molar-refractivity contribution is -0.165. The molecule has 1 rings (SSSR count). The number of hydrogen-bond acceptors (Lipinski definition) is 10. The van der Waals surface area contributed by atoms with Gasteiger partial charge in [-0.25, -0.2) is 0 Å². The second-order valence-corrected chi connectivity index (χ2v) is 14.7. The highest BCUT2D eigenvalue weighted by Gasteiger charge is 2.23. The maximum atomic E-state index is 12.8. The number of aliphatic hydroxyl groups excluding tert-OH is 1. The minimum Gasteiger partial charge on any atom is -0.508 e. The van der Waals surface area contributed by atoms with Crippen LogP contribution in [0.25, 0.3) is 0 Å². The van der Waals surface area contributed by atoms with Gasteiger partial charge in [-0.3, -0.25) is 14.4 Å². The van der Waals surface area contributed by atoms with Crippen molar-refractivity contribution in [2.45, 2.75) is 193 Å². The second-order valence-electron chi connectivity index (χ2n) is 14.7. The molecule has 0 saturated carbocycles. The number of aliphatic hydroxyl groups is 1. The number of carbonyl (C=O) groups is 3. The van der Waals surface area contributed by atoms with Crippen molar-refractivity contribution < 1.29 is 43.5 Å². The van der Waals surface area contributed by atoms with E-state index in [1.54, 1.807) is 12.1 Å². The standard InChI is InChI=1S/C43H75NO9/c1-3-5-7-9-11-13-15-17-19-21-23-25-41(47)51-33-38(46)32-50-34-39(53-43(49)40(44)31-36-27-29-37(45)30-28-36)35-52-42(48)26-24-22-20-18-16-14-12-10-8-6-4-2/h27-30,38-40,45-46H,3-26,31-35,44H2,1-2H3/t38?,39?,40-/m0/s1. The lowest BCUT2D eigenvalue weighted by atomic mass is 10.1. The van der Waals surface area contributed by atoms with E-state index in [0.29, 0.717) is 6.42 Å². The van der Waals surface area contributed by atoms with Crippen molar-refractivity contribution in [2.75, 3.05) is 26.4 Å². The molecule has 0 aliphatic heterocycles. The molecule has 0 fully saturated rings. The van der Waals surface area contributed by atoms with E-state index >= 15 is 0 Å². The predicted molar refractivity (Wildman–Crippen MR) is 211 cm³/mol. The van der Waals surface area contributed by atoms with Crippen LogP contribution in [0.3, 0.4) is 0 Å². The van der Waals surface area contributed by atoms with Gasteiger partial charge in [0, 0.05) is 12.8 Å². The van der Waals surface area contributed by atoms with E-state index in [1.807, 2.05) is 0 Å². The topological polar surface area (TPSA) is 155 Å². The lowest BCUT2D eigenvalue weighted by Gasteiger charge is -2.21. The number of benzene rings is 1. The largest absolute Gasteiger partial charge is 0.508 e. The summed E-state index contributed by atoms with van der Waals surface area (Å²) in [5, 5.41) is 19.9. The van der Waals surface area contributed by atoms with Crippen LogP contribution in [0.2, 0.25) is 0 Å². The van der Waals surface area contributed by atoms with Gasteiger partial charge in [0.1, 0.15) is 31.1 Å². The Morgan fingerprint density at radius 3 is 1.45 bits per heavy atom. The molecule has 2 unspecified atom stereocenters. The molecule has 1 aromatic rings. The van der Waals surface area contributed by atoms with Gasteiger partial charge in [0.25, 0.3) is 0 Å². The zero-order valence-corrected chi connectivity index (χ0v) is 33.4. The van der Waals surface area contributed by atoms with Crippen LogP contribution in [0, 0.1) is 0 Å². The average Bonchev–Trinajstić information content (AvgIpc) is 3.14. The summed E-state index contributed by atoms with van der Waals surface area (Å²) in [7, 11) is 0. The highest BCUT2D eigenvalue weighted by atomic mass is 16.6. The van der Waals surface area contributed by atoms with Gasteiger partial charge in [0.15, 0.2) is 6.10 Å². The van der Waals surface area contributed by atoms with E-state index in [2.05, 4.69) is 13.8 Å². The molecular weight excluding hydrogens is 674 g/mol. The van der Waals surface area contributed by atoms with Crippen molar-refractivity contribution >= 4 is 17.9 Å². The van der Waals surface area contributed by atoms with Crippen LogP contribution in [0.1, 0.15) is 174 Å². The molecule has 0 spiro atoms. The monoisotopic (exact) mass is 750 g/mol. The fourth-order valence-electron chi connectivity index (χ4n) is 6.11. The van der Waals surface area contributed by atoms with Crippen molar-refractivity contribution in [3.63, 3.8) is 0 Å². The van der Waals surface area contributed by atoms with Gasteiger partial charge in [-0.15, -0.1) is 0 Å². The highest BCUT2D eigenvalue weighted by Crippen LogP contribution is 2.15. The van der Waals surface area contributed by atoms with Gasteiger partial charge in [0.2, 0.25) is 0 Å². The Balaban J connectivity index is 2.37. The molecule has 4 N–H and O–H groups in total. The van der Waals surface area contributed by atoms with Crippen LogP contribution in [-0.4, -0.2) is 72.8 Å². The van der Waals surface area contributed by atoms with Gasteiger partial charge >= 0.3 is 17.9 Å². The molecule has 10 nitrogen and oxygen atoms in total. The van der Waals surface area contributed by atoms with E-state index < -0.39 is 24.2 Å². The molecule has 0 aliphatic rings. The van der Waals surface area contributed by atoms with Crippen molar-refractivity contribution in [2.24, 2.45) is 5.73 Å². The predicted octanol–water partition coefficient (Wildman–Crippen LogP) is 9.04. The molecular formula is C43H75NO9. The third-order valence-corrected chi connectivity index (χ3v) is 9.43. The summed E-state index contributed by atoms with van der Waals surface area (Å²) in [5.74, 6) is -1.30. The number of nitrogens with two attached hydrogens (primary N) is 1. The molecule has 0 aliphatic carbocycles. The SMILES string of the molecule is CCCCCCCCCCCCCC(=O)OCC(O)COCC(COC(=O)CCCCCCCCCCCCC)OC(=O)[C@@H](N)Cc1ccc(O)cc1. The first kappa shape index (κ1) is 48.3. The summed E-state index contributed by atoms with van der Waals surface area (Å²) in [5.41, 5.74) is 6.85. The number of esters is 3. The second kappa shape index (κ2) is 33.8.